The molecule has 0 amide bonds. The third-order valence-corrected chi connectivity index (χ3v) is 3.56. The molecule has 0 N–H and O–H groups in total. The Bertz CT molecular complexity index is 619. The third-order valence-electron chi connectivity index (χ3n) is 2.75. The predicted molar refractivity (Wildman–Crippen MR) is 80.6 cm³/mol. The average Bonchev–Trinajstić information content (AvgIpc) is 2.45. The molecule has 0 spiro atoms. The van der Waals surface area contributed by atoms with Crippen LogP contribution in [0.3, 0.4) is 0 Å². The average molecular weight is 313 g/mol. The lowest BCUT2D eigenvalue weighted by Gasteiger charge is -2.11. The molecule has 0 aromatic heterocycles. The predicted octanol–water partition coefficient (Wildman–Crippen LogP) is 5.99. The van der Waals surface area contributed by atoms with Crippen LogP contribution in [0.25, 0.3) is 0 Å². The number of rotatable bonds is 4. The number of halogens is 3. The largest absolute Gasteiger partial charge is 0.378 e. The summed E-state index contributed by atoms with van der Waals surface area (Å²) in [4.78, 5) is 1.34. The van der Waals surface area contributed by atoms with E-state index < -0.39 is 16.1 Å². The summed E-state index contributed by atoms with van der Waals surface area (Å²) in [5.41, 5.74) is 2.07. The molecule has 2 aromatic rings. The van der Waals surface area contributed by atoms with Gasteiger partial charge in [0.2, 0.25) is 11.2 Å². The van der Waals surface area contributed by atoms with Crippen molar-refractivity contribution in [2.75, 3.05) is 19.0 Å². The van der Waals surface area contributed by atoms with E-state index in [0.717, 1.165) is 17.8 Å². The van der Waals surface area contributed by atoms with Crippen LogP contribution in [-0.4, -0.2) is 14.1 Å². The molecule has 0 saturated heterocycles. The van der Waals surface area contributed by atoms with Crippen LogP contribution in [-0.2, 0) is 0 Å². The molecule has 7 heteroatoms. The van der Waals surface area contributed by atoms with Gasteiger partial charge in [0.15, 0.2) is 0 Å². The van der Waals surface area contributed by atoms with Gasteiger partial charge in [-0.15, -0.1) is 11.7 Å². The van der Waals surface area contributed by atoms with Gasteiger partial charge in [-0.3, -0.25) is 0 Å². The second-order valence-electron chi connectivity index (χ2n) is 4.51. The molecule has 0 bridgehead atoms. The van der Waals surface area contributed by atoms with E-state index in [1.165, 1.54) is 12.1 Å². The summed E-state index contributed by atoms with van der Waals surface area (Å²) in [5, 5.41) is 7.93. The second kappa shape index (κ2) is 6.17. The molecule has 0 heterocycles. The van der Waals surface area contributed by atoms with Crippen molar-refractivity contribution < 1.29 is 11.7 Å². The molecule has 3 nitrogen and oxygen atoms in total. The summed E-state index contributed by atoms with van der Waals surface area (Å²) in [6, 6.07) is 12.1. The maximum atomic E-state index is 12.5. The van der Waals surface area contributed by atoms with Crippen LogP contribution >= 0.6 is 11.2 Å². The van der Waals surface area contributed by atoms with Crippen LogP contribution in [0.4, 0.5) is 28.7 Å². The van der Waals surface area contributed by atoms with Gasteiger partial charge in [0.25, 0.3) is 0 Å². The van der Waals surface area contributed by atoms with Crippen molar-refractivity contribution >= 4 is 28.2 Å². The van der Waals surface area contributed by atoms with Crippen molar-refractivity contribution in [1.82, 2.24) is 0 Å². The maximum Gasteiger partial charge on any atom is 0.237 e. The molecule has 0 unspecified atom stereocenters. The van der Waals surface area contributed by atoms with Crippen molar-refractivity contribution in [1.29, 1.82) is 0 Å². The number of hydrogen-bond donors (Lipinski definition) is 0. The van der Waals surface area contributed by atoms with Gasteiger partial charge in [0.1, 0.15) is 0 Å². The Morgan fingerprint density at radius 2 is 1.19 bits per heavy atom. The van der Waals surface area contributed by atoms with E-state index in [4.69, 9.17) is 0 Å². The first-order valence-corrected chi connectivity index (χ1v) is 7.41. The molecular weight excluding hydrogens is 299 g/mol. The summed E-state index contributed by atoms with van der Waals surface area (Å²) in [7, 11) is 3.86. The Hall–Kier alpha value is -2.02. The van der Waals surface area contributed by atoms with Crippen LogP contribution < -0.4 is 4.90 Å². The molecule has 0 aliphatic heterocycles. The van der Waals surface area contributed by atoms with Gasteiger partial charge in [-0.2, -0.15) is 10.2 Å². The van der Waals surface area contributed by atoms with Gasteiger partial charge in [-0.05, 0) is 48.5 Å². The Labute approximate surface area is 123 Å². The first kappa shape index (κ1) is 15.4. The normalized spacial score (nSPS) is 12.6. The van der Waals surface area contributed by atoms with Crippen LogP contribution in [0.5, 0.6) is 0 Å². The molecule has 0 aliphatic rings. The maximum absolute atomic E-state index is 12.5. The zero-order chi connectivity index (χ0) is 15.5. The lowest BCUT2D eigenvalue weighted by molar-refractivity contribution is 0.633. The fraction of sp³-hybridized carbons (Fsp3) is 0.143. The second-order valence-corrected chi connectivity index (χ2v) is 5.80. The van der Waals surface area contributed by atoms with Gasteiger partial charge in [-0.25, -0.2) is 0 Å². The van der Waals surface area contributed by atoms with Crippen LogP contribution in [0.1, 0.15) is 0 Å². The minimum Gasteiger partial charge on any atom is -0.378 e. The summed E-state index contributed by atoms with van der Waals surface area (Å²) >= 11 is -5.18. The topological polar surface area (TPSA) is 28.0 Å². The summed E-state index contributed by atoms with van der Waals surface area (Å²) in [5.74, 6) is 0. The quantitative estimate of drug-likeness (QED) is 0.638. The van der Waals surface area contributed by atoms with E-state index >= 15 is 0 Å². The van der Waals surface area contributed by atoms with Gasteiger partial charge in [0, 0.05) is 19.8 Å². The van der Waals surface area contributed by atoms with E-state index in [1.807, 2.05) is 31.1 Å². The van der Waals surface area contributed by atoms with E-state index in [2.05, 4.69) is 10.2 Å². The van der Waals surface area contributed by atoms with Gasteiger partial charge < -0.3 is 4.90 Å². The van der Waals surface area contributed by atoms with E-state index in [-0.39, 0.29) is 0 Å². The molecule has 21 heavy (non-hydrogen) atoms. The Morgan fingerprint density at radius 1 is 0.762 bits per heavy atom. The molecule has 0 fully saturated rings. The van der Waals surface area contributed by atoms with Crippen molar-refractivity contribution in [3.63, 3.8) is 0 Å². The number of benzene rings is 2. The minimum atomic E-state index is -5.18. The Morgan fingerprint density at radius 3 is 1.57 bits per heavy atom. The molecule has 112 valence electrons. The van der Waals surface area contributed by atoms with E-state index in [1.54, 1.807) is 12.1 Å². The highest BCUT2D eigenvalue weighted by atomic mass is 32.3. The molecule has 0 atom stereocenters. The van der Waals surface area contributed by atoms with Gasteiger partial charge in [-0.1, -0.05) is 0 Å². The lowest BCUT2D eigenvalue weighted by Crippen LogP contribution is -2.07. The van der Waals surface area contributed by atoms with Gasteiger partial charge >= 0.3 is 0 Å². The number of anilines is 1. The van der Waals surface area contributed by atoms with Gasteiger partial charge in [0.05, 0.1) is 16.3 Å². The molecule has 0 saturated carbocycles. The third kappa shape index (κ3) is 4.22. The molecule has 2 aromatic carbocycles. The Balaban J connectivity index is 2.10. The fourth-order valence-electron chi connectivity index (χ4n) is 1.60. The lowest BCUT2D eigenvalue weighted by atomic mass is 10.3. The smallest absolute Gasteiger partial charge is 0.237 e. The van der Waals surface area contributed by atoms with Crippen LogP contribution in [0, 0.1) is 0 Å². The first-order valence-electron chi connectivity index (χ1n) is 6.08. The summed E-state index contributed by atoms with van der Waals surface area (Å²) in [6.45, 7) is 0. The minimum absolute atomic E-state index is 0.388. The zero-order valence-electron chi connectivity index (χ0n) is 11.5. The molecular formula is C14H14F3N3S. The highest BCUT2D eigenvalue weighted by molar-refractivity contribution is 8.20. The van der Waals surface area contributed by atoms with E-state index in [0.29, 0.717) is 11.4 Å². The zero-order valence-corrected chi connectivity index (χ0v) is 12.3. The highest BCUT2D eigenvalue weighted by Gasteiger charge is 2.23. The van der Waals surface area contributed by atoms with Crippen LogP contribution in [0.15, 0.2) is 63.7 Å². The highest BCUT2D eigenvalue weighted by Crippen LogP contribution is 2.60. The molecule has 0 aliphatic carbocycles. The SMILES string of the molecule is CN(C)c1ccc(/N=N/c2ccc(S(F)(F)F)cc2)cc1. The number of nitrogens with zero attached hydrogens (tertiary/aromatic N) is 3. The summed E-state index contributed by atoms with van der Waals surface area (Å²) < 4.78 is 37.5. The van der Waals surface area contributed by atoms with Crippen LogP contribution in [0.2, 0.25) is 0 Å². The van der Waals surface area contributed by atoms with E-state index in [9.17, 15) is 11.7 Å². The van der Waals surface area contributed by atoms with Crippen molar-refractivity contribution in [3.8, 4) is 0 Å². The van der Waals surface area contributed by atoms with Crippen molar-refractivity contribution in [3.05, 3.63) is 48.5 Å². The standard InChI is InChI=1S/C14H14F3N3S/c1-20(2)13-7-3-11(4-8-13)18-19-12-5-9-14(10-6-12)21(15,16)17/h3-10H,1-2H3/b19-18+. The molecule has 0 radical (unpaired) electrons. The molecule has 2 rings (SSSR count). The number of azo groups is 1. The van der Waals surface area contributed by atoms with Crippen molar-refractivity contribution in [2.24, 2.45) is 10.2 Å². The Kier molecular flexibility index (Phi) is 4.52. The number of hydrogen-bond acceptors (Lipinski definition) is 3. The fourth-order valence-corrected chi connectivity index (χ4v) is 2.04. The van der Waals surface area contributed by atoms with Crippen molar-refractivity contribution in [2.45, 2.75) is 4.90 Å². The summed E-state index contributed by atoms with van der Waals surface area (Å²) in [6.07, 6.45) is 0. The first-order chi connectivity index (χ1) is 9.86. The monoisotopic (exact) mass is 313 g/mol.